The van der Waals surface area contributed by atoms with Crippen LogP contribution in [0.4, 0.5) is 0 Å². The first kappa shape index (κ1) is 71.7. The number of rotatable bonds is 10. The molecule has 25 rings (SSSR count). The van der Waals surface area contributed by atoms with E-state index in [-0.39, 0.29) is 5.41 Å². The van der Waals surface area contributed by atoms with Crippen LogP contribution >= 0.6 is 11.3 Å². The lowest BCUT2D eigenvalue weighted by molar-refractivity contribution is 0.661. The highest BCUT2D eigenvalue weighted by Crippen LogP contribution is 2.52. The van der Waals surface area contributed by atoms with E-state index in [1.165, 1.54) is 125 Å². The zero-order chi connectivity index (χ0) is 80.9. The molecule has 7 aromatic heterocycles. The number of hydrogen-bond donors (Lipinski definition) is 0. The largest absolute Gasteiger partial charge is 0.455 e. The van der Waals surface area contributed by atoms with Gasteiger partial charge in [-0.25, -0.2) is 15.0 Å². The molecule has 0 amide bonds. The maximum Gasteiger partial charge on any atom is 0.160 e. The lowest BCUT2D eigenvalue weighted by atomic mass is 9.82. The van der Waals surface area contributed by atoms with E-state index in [2.05, 4.69) is 422 Å². The topological polar surface area (TPSA) is 66.6 Å². The van der Waals surface area contributed by atoms with Crippen LogP contribution in [0, 0.1) is 0 Å². The van der Waals surface area contributed by atoms with E-state index >= 15 is 0 Å². The average Bonchev–Trinajstić information content (AvgIpc) is 1.57. The van der Waals surface area contributed by atoms with E-state index in [0.717, 1.165) is 101 Å². The van der Waals surface area contributed by atoms with Crippen LogP contribution in [0.2, 0.25) is 0 Å². The Hall–Kier alpha value is -15.6. The molecule has 17 aromatic carbocycles. The molecule has 0 saturated carbocycles. The second kappa shape index (κ2) is 29.5. The molecule has 0 fully saturated rings. The number of furan rings is 1. The molecule has 0 radical (unpaired) electrons. The van der Waals surface area contributed by atoms with Gasteiger partial charge in [0.25, 0.3) is 0 Å². The molecule has 122 heavy (non-hydrogen) atoms. The molecule has 0 spiro atoms. The lowest BCUT2D eigenvalue weighted by Gasteiger charge is -2.21. The molecule has 0 atom stereocenters. The number of para-hydroxylation sites is 4. The summed E-state index contributed by atoms with van der Waals surface area (Å²) in [7, 11) is 0. The second-order valence-electron chi connectivity index (χ2n) is 32.1. The van der Waals surface area contributed by atoms with E-state index in [1.807, 2.05) is 41.7 Å². The smallest absolute Gasteiger partial charge is 0.160 e. The van der Waals surface area contributed by atoms with Crippen molar-refractivity contribution in [1.82, 2.24) is 28.7 Å². The van der Waals surface area contributed by atoms with Crippen LogP contribution in [0.1, 0.15) is 25.0 Å². The molecule has 1 aliphatic carbocycles. The maximum atomic E-state index is 6.50. The molecule has 7 heterocycles. The standard InChI is InChI=1S/C43H31N3.C36H23NO.C35H22N2S/c1-43(2)36-19-11-9-17-32(36)34-26-41-35(25-37(34)43)33-18-10-12-20-40(33)46(41)31-23-21-29(22-24-31)39-27-38(28-13-5-3-6-14-28)44-42(45-39)30-15-7-4-8-16-30;1-3-11-24(12-4-1)26-21-27(25-13-5-2-6-14-25)23-28(22-26)37-32-17-9-7-16-31(32)35-33(37)20-19-30-29-15-8-10-18-34(29)38-36(30)35;1-3-11-23(12-4-1)25-21-30(24-13-5-2-6-14-24)36-33(22-25)37-31-17-9-7-15-26(31)28-19-20-29-27-16-8-10-18-32(27)38-35(29)34(28)37/h3-27H,1-2H3;1-23H;1-22H. The Balaban J connectivity index is 0.000000107. The SMILES string of the molecule is CC1(C)c2ccccc2-c2cc3c(cc21)c1ccccc1n3-c1ccc(-c2cc(-c3ccccc3)nc(-c3ccccc3)n2)cc1.c1ccc(-c2cc(-c3ccccc3)cc(-n3c4ccccc4c4c5oc6ccccc6c5ccc43)c2)cc1.c1ccc(-c2cc(-c3ccccc3)nc(-n3c4ccccc4c4ccc5c6ccccc6sc5c43)c2)cc1. The number of aromatic nitrogens is 6. The molecule has 24 aromatic rings. The Morgan fingerprint density at radius 3 is 1.36 bits per heavy atom. The summed E-state index contributed by atoms with van der Waals surface area (Å²) in [5, 5.41) is 12.3. The van der Waals surface area contributed by atoms with Crippen molar-refractivity contribution >= 4 is 119 Å². The minimum atomic E-state index is -0.0419. The highest BCUT2D eigenvalue weighted by molar-refractivity contribution is 7.26. The second-order valence-corrected chi connectivity index (χ2v) is 33.1. The van der Waals surface area contributed by atoms with Gasteiger partial charge in [0.15, 0.2) is 5.82 Å². The molecule has 0 unspecified atom stereocenters. The Kier molecular flexibility index (Phi) is 17.3. The molecule has 0 saturated heterocycles. The van der Waals surface area contributed by atoms with Gasteiger partial charge in [0.2, 0.25) is 0 Å². The number of pyridine rings is 1. The number of thiophene rings is 1. The van der Waals surface area contributed by atoms with Crippen LogP contribution in [0.5, 0.6) is 0 Å². The third-order valence-corrected chi connectivity index (χ3v) is 25.8. The van der Waals surface area contributed by atoms with Crippen LogP contribution < -0.4 is 0 Å². The third-order valence-electron chi connectivity index (χ3n) is 24.6. The molecule has 8 heteroatoms. The fraction of sp³-hybridized carbons (Fsp3) is 0.0263. The summed E-state index contributed by atoms with van der Waals surface area (Å²) in [6, 6.07) is 151. The maximum absolute atomic E-state index is 6.50. The van der Waals surface area contributed by atoms with Crippen molar-refractivity contribution in [3.63, 3.8) is 0 Å². The minimum absolute atomic E-state index is 0.0419. The van der Waals surface area contributed by atoms with Gasteiger partial charge >= 0.3 is 0 Å². The minimum Gasteiger partial charge on any atom is -0.455 e. The third kappa shape index (κ3) is 12.2. The normalized spacial score (nSPS) is 12.2. The molecule has 0 N–H and O–H groups in total. The van der Waals surface area contributed by atoms with Crippen molar-refractivity contribution in [1.29, 1.82) is 0 Å². The Labute approximate surface area is 708 Å². The van der Waals surface area contributed by atoms with Crippen molar-refractivity contribution in [3.8, 4) is 107 Å². The molecule has 7 nitrogen and oxygen atoms in total. The van der Waals surface area contributed by atoms with Crippen LogP contribution in [0.25, 0.3) is 214 Å². The summed E-state index contributed by atoms with van der Waals surface area (Å²) in [6.45, 7) is 4.70. The first-order valence-corrected chi connectivity index (χ1v) is 42.4. The van der Waals surface area contributed by atoms with Gasteiger partial charge in [-0.05, 0) is 159 Å². The fourth-order valence-corrected chi connectivity index (χ4v) is 20.0. The molecular weight excluding hydrogens is 1500 g/mol. The average molecular weight is 1580 g/mol. The van der Waals surface area contributed by atoms with Gasteiger partial charge in [-0.1, -0.05) is 335 Å². The van der Waals surface area contributed by atoms with Gasteiger partial charge in [0, 0.05) is 92.2 Å². The van der Waals surface area contributed by atoms with Gasteiger partial charge in [-0.15, -0.1) is 11.3 Å². The Bertz CT molecular complexity index is 8010. The Morgan fingerprint density at radius 1 is 0.262 bits per heavy atom. The molecule has 574 valence electrons. The van der Waals surface area contributed by atoms with Crippen LogP contribution in [0.3, 0.4) is 0 Å². The van der Waals surface area contributed by atoms with E-state index in [4.69, 9.17) is 19.4 Å². The number of fused-ring (bicyclic) bond motifs is 20. The molecule has 0 bridgehead atoms. The number of hydrogen-bond acceptors (Lipinski definition) is 5. The van der Waals surface area contributed by atoms with E-state index in [1.54, 1.807) is 0 Å². The predicted molar refractivity (Wildman–Crippen MR) is 512 cm³/mol. The van der Waals surface area contributed by atoms with Crippen LogP contribution in [0.15, 0.2) is 429 Å². The lowest BCUT2D eigenvalue weighted by Crippen LogP contribution is -2.14. The van der Waals surface area contributed by atoms with Crippen LogP contribution in [-0.4, -0.2) is 28.7 Å². The highest BCUT2D eigenvalue weighted by Gasteiger charge is 2.36. The number of benzene rings is 17. The number of nitrogens with zero attached hydrogens (tertiary/aromatic N) is 6. The van der Waals surface area contributed by atoms with Gasteiger partial charge in [-0.2, -0.15) is 0 Å². The van der Waals surface area contributed by atoms with Gasteiger partial charge in [0.05, 0.1) is 60.3 Å². The predicted octanol–water partition coefficient (Wildman–Crippen LogP) is 30.8. The summed E-state index contributed by atoms with van der Waals surface area (Å²) < 4.78 is 16.3. The zero-order valence-corrected chi connectivity index (χ0v) is 67.7. The van der Waals surface area contributed by atoms with Crippen molar-refractivity contribution in [2.24, 2.45) is 0 Å². The summed E-state index contributed by atoms with van der Waals surface area (Å²) in [6.07, 6.45) is 0. The summed E-state index contributed by atoms with van der Waals surface area (Å²) in [4.78, 5) is 15.3. The molecule has 1 aliphatic rings. The van der Waals surface area contributed by atoms with E-state index < -0.39 is 0 Å². The first-order valence-electron chi connectivity index (χ1n) is 41.6. The van der Waals surface area contributed by atoms with Crippen LogP contribution in [-0.2, 0) is 5.41 Å². The first-order chi connectivity index (χ1) is 60.3. The van der Waals surface area contributed by atoms with Crippen molar-refractivity contribution < 1.29 is 4.42 Å². The summed E-state index contributed by atoms with van der Waals surface area (Å²) in [5.41, 5.74) is 30.8. The van der Waals surface area contributed by atoms with Crippen molar-refractivity contribution in [2.75, 3.05) is 0 Å². The van der Waals surface area contributed by atoms with E-state index in [9.17, 15) is 0 Å². The summed E-state index contributed by atoms with van der Waals surface area (Å²) >= 11 is 1.87. The molecule has 0 aliphatic heterocycles. The van der Waals surface area contributed by atoms with Gasteiger partial charge in [-0.3, -0.25) is 4.57 Å². The monoisotopic (exact) mass is 1580 g/mol. The Morgan fingerprint density at radius 2 is 0.730 bits per heavy atom. The van der Waals surface area contributed by atoms with E-state index in [0.29, 0.717) is 0 Å². The van der Waals surface area contributed by atoms with Crippen molar-refractivity contribution in [2.45, 2.75) is 19.3 Å². The zero-order valence-electron chi connectivity index (χ0n) is 66.9. The highest BCUT2D eigenvalue weighted by atomic mass is 32.1. The summed E-state index contributed by atoms with van der Waals surface area (Å²) in [5.74, 6) is 1.65. The fourth-order valence-electron chi connectivity index (χ4n) is 18.8. The van der Waals surface area contributed by atoms with Gasteiger partial charge < -0.3 is 13.6 Å². The van der Waals surface area contributed by atoms with Crippen molar-refractivity contribution in [3.05, 3.63) is 436 Å². The quantitative estimate of drug-likeness (QED) is 0.137. The molecular formula is C114H76N6OS. The van der Waals surface area contributed by atoms with Gasteiger partial charge in [0.1, 0.15) is 17.0 Å².